The third kappa shape index (κ3) is 70.9. The molecule has 4 atom stereocenters. The van der Waals surface area contributed by atoms with Crippen LogP contribution in [0.15, 0.2) is 0 Å². The molecule has 464 valence electrons. The smallest absolute Gasteiger partial charge is 0.303 e. The van der Waals surface area contributed by atoms with E-state index in [0.29, 0.717) is 30.8 Å². The highest BCUT2D eigenvalue weighted by molar-refractivity contribution is 5.76. The molecule has 4 unspecified atom stereocenters. The fourth-order valence-electron chi connectivity index (χ4n) is 9.65. The summed E-state index contributed by atoms with van der Waals surface area (Å²) in [6.07, 6.45) is 48.4. The maximum atomic E-state index is 11.5. The number of ketones is 3. The number of carbonyl (C=O) groups excluding carboxylic acids is 7. The van der Waals surface area contributed by atoms with Crippen molar-refractivity contribution in [3.05, 3.63) is 0 Å². The monoisotopic (exact) mass is 1110 g/mol. The summed E-state index contributed by atoms with van der Waals surface area (Å²) in [6, 6.07) is 0. The molecular formula is C67H130O11. The molecule has 0 bridgehead atoms. The second-order valence-electron chi connectivity index (χ2n) is 22.2. The van der Waals surface area contributed by atoms with E-state index >= 15 is 0 Å². The first-order valence-electron chi connectivity index (χ1n) is 31.7. The lowest BCUT2D eigenvalue weighted by Gasteiger charge is -2.26. The Morgan fingerprint density at radius 1 is 0.244 bits per heavy atom. The van der Waals surface area contributed by atoms with Crippen molar-refractivity contribution in [2.24, 2.45) is 0 Å². The van der Waals surface area contributed by atoms with Crippen molar-refractivity contribution in [2.75, 3.05) is 0 Å². The average Bonchev–Trinajstić information content (AvgIpc) is 3.34. The van der Waals surface area contributed by atoms with Crippen molar-refractivity contribution in [3.63, 3.8) is 0 Å². The molecule has 11 nitrogen and oxygen atoms in total. The van der Waals surface area contributed by atoms with E-state index in [1.807, 2.05) is 0 Å². The fourth-order valence-corrected chi connectivity index (χ4v) is 9.65. The van der Waals surface area contributed by atoms with Crippen molar-refractivity contribution in [2.45, 2.75) is 391 Å². The molecule has 0 radical (unpaired) electrons. The van der Waals surface area contributed by atoms with E-state index < -0.39 is 0 Å². The number of ether oxygens (including phenoxy) is 4. The largest absolute Gasteiger partial charge is 0.463 e. The Balaban J connectivity index is -0.000000339. The molecule has 11 heteroatoms. The second kappa shape index (κ2) is 64.7. The Morgan fingerprint density at radius 2 is 0.423 bits per heavy atom. The van der Waals surface area contributed by atoms with Crippen LogP contribution in [0.3, 0.4) is 0 Å². The molecular weight excluding hydrogens is 981 g/mol. The van der Waals surface area contributed by atoms with E-state index in [2.05, 4.69) is 20.8 Å². The van der Waals surface area contributed by atoms with Gasteiger partial charge in [-0.1, -0.05) is 203 Å². The Morgan fingerprint density at radius 3 is 0.615 bits per heavy atom. The summed E-state index contributed by atoms with van der Waals surface area (Å²) in [5.41, 5.74) is 0. The van der Waals surface area contributed by atoms with Gasteiger partial charge in [-0.15, -0.1) is 0 Å². The van der Waals surface area contributed by atoms with Crippen LogP contribution < -0.4 is 0 Å². The molecule has 0 fully saturated rings. The lowest BCUT2D eigenvalue weighted by molar-refractivity contribution is -0.166. The third-order valence-corrected chi connectivity index (χ3v) is 13.9. The van der Waals surface area contributed by atoms with Crippen LogP contribution in [-0.4, -0.2) is 65.6 Å². The van der Waals surface area contributed by atoms with Gasteiger partial charge in [-0.25, -0.2) is 0 Å². The molecule has 0 aliphatic rings. The number of esters is 4. The van der Waals surface area contributed by atoms with E-state index in [9.17, 15) is 33.6 Å². The molecule has 0 saturated heterocycles. The molecule has 0 aromatic heterocycles. The lowest BCUT2D eigenvalue weighted by Crippen LogP contribution is -2.34. The normalized spacial score (nSPS) is 12.1. The minimum Gasteiger partial charge on any atom is -0.463 e. The molecule has 78 heavy (non-hydrogen) atoms. The molecule has 0 N–H and O–H groups in total. The first-order chi connectivity index (χ1) is 36.5. The van der Waals surface area contributed by atoms with Crippen LogP contribution in [0.1, 0.15) is 367 Å². The van der Waals surface area contributed by atoms with Gasteiger partial charge < -0.3 is 33.3 Å². The predicted octanol–water partition coefficient (Wildman–Crippen LogP) is 19.9. The molecule has 0 aliphatic heterocycles. The molecule has 0 heterocycles. The van der Waals surface area contributed by atoms with Crippen LogP contribution >= 0.6 is 0 Å². The zero-order valence-electron chi connectivity index (χ0n) is 51.4. The zero-order valence-corrected chi connectivity index (χ0v) is 51.4. The van der Waals surface area contributed by atoms with E-state index in [-0.39, 0.29) is 68.9 Å². The Hall–Kier alpha value is -3.11. The van der Waals surface area contributed by atoms with Gasteiger partial charge in [0.25, 0.3) is 0 Å². The lowest BCUT2D eigenvalue weighted by atomic mass is 9.99. The highest BCUT2D eigenvalue weighted by atomic mass is 16.6. The van der Waals surface area contributed by atoms with E-state index in [1.54, 1.807) is 20.8 Å². The maximum Gasteiger partial charge on any atom is 0.303 e. The molecule has 0 amide bonds. The van der Waals surface area contributed by atoms with Crippen LogP contribution in [-0.2, 0) is 52.5 Å². The zero-order chi connectivity index (χ0) is 57.3. The number of carbonyl (C=O) groups is 7. The van der Waals surface area contributed by atoms with Crippen molar-refractivity contribution in [1.82, 2.24) is 0 Å². The Labute approximate surface area is 482 Å². The van der Waals surface area contributed by atoms with Gasteiger partial charge in [0, 0.05) is 47.0 Å². The summed E-state index contributed by atoms with van der Waals surface area (Å²) in [7, 11) is 0. The van der Waals surface area contributed by atoms with Gasteiger partial charge in [0.05, 0.1) is 0 Å². The van der Waals surface area contributed by atoms with Crippen molar-refractivity contribution in [3.8, 4) is 0 Å². The predicted molar refractivity (Wildman–Crippen MR) is 328 cm³/mol. The topological polar surface area (TPSA) is 156 Å². The molecule has 0 saturated carbocycles. The standard InChI is InChI=1S/C23H42O5.2C21H40O3.2CH4/c1-5-6-7-8-11-14-17-22(27-20(3)25)23(28-21(4)26)18-15-12-9-10-13-16-19(2)24;1-4-5-6-7-11-14-17-21(24-20(3)23)18-15-12-9-8-10-13-16-19(2)22;1-4-5-6-7-8-11-14-17-21(24-20(3)23)18-15-12-9-10-13-16-19(2)22;;/h22-23H,5-18H2,1-4H3;2*21H,4-18H2,1-3H3;2*1H4. The number of unbranched alkanes of at least 4 members (excludes halogenated alkanes) is 29. The van der Waals surface area contributed by atoms with Crippen LogP contribution in [0.2, 0.25) is 0 Å². The first kappa shape index (κ1) is 83.7. The van der Waals surface area contributed by atoms with Gasteiger partial charge in [0.1, 0.15) is 41.8 Å². The summed E-state index contributed by atoms with van der Waals surface area (Å²) in [5.74, 6) is -0.106. The summed E-state index contributed by atoms with van der Waals surface area (Å²) >= 11 is 0. The Kier molecular flexibility index (Phi) is 69.4. The number of Topliss-reactive ketones (excluding diaryl/α,β-unsaturated/α-hetero) is 3. The maximum absolute atomic E-state index is 11.5. The molecule has 0 rings (SSSR count). The van der Waals surface area contributed by atoms with Crippen molar-refractivity contribution in [1.29, 1.82) is 0 Å². The van der Waals surface area contributed by atoms with Gasteiger partial charge in [-0.3, -0.25) is 19.2 Å². The molecule has 0 aromatic carbocycles. The molecule has 0 spiro atoms. The third-order valence-electron chi connectivity index (χ3n) is 13.9. The summed E-state index contributed by atoms with van der Waals surface area (Å²) in [6.45, 7) is 17.5. The fraction of sp³-hybridized carbons (Fsp3) is 0.896. The van der Waals surface area contributed by atoms with Crippen molar-refractivity contribution < 1.29 is 52.5 Å². The number of rotatable bonds is 52. The van der Waals surface area contributed by atoms with Gasteiger partial charge in [-0.05, 0) is 117 Å². The molecule has 0 aliphatic carbocycles. The van der Waals surface area contributed by atoms with Gasteiger partial charge in [0.15, 0.2) is 0 Å². The van der Waals surface area contributed by atoms with Crippen LogP contribution in [0.5, 0.6) is 0 Å². The quantitative estimate of drug-likeness (QED) is 0.0324. The SMILES string of the molecule is C.C.CCCCCCCCC(CCCCCCCCC(C)=O)OC(C)=O.CCCCCCCCC(OC(C)=O)C(CCCCCCCC(C)=O)OC(C)=O.CCCCCCCCCC(CCCCCCCC(C)=O)OC(C)=O. The second-order valence-corrected chi connectivity index (χ2v) is 22.2. The minimum absolute atomic E-state index is 0. The van der Waals surface area contributed by atoms with Crippen LogP contribution in [0, 0.1) is 0 Å². The van der Waals surface area contributed by atoms with E-state index in [0.717, 1.165) is 122 Å². The van der Waals surface area contributed by atoms with Crippen LogP contribution in [0.4, 0.5) is 0 Å². The summed E-state index contributed by atoms with van der Waals surface area (Å²) in [5, 5.41) is 0. The van der Waals surface area contributed by atoms with Gasteiger partial charge in [-0.2, -0.15) is 0 Å². The summed E-state index contributed by atoms with van der Waals surface area (Å²) < 4.78 is 22.0. The van der Waals surface area contributed by atoms with Crippen molar-refractivity contribution >= 4 is 41.2 Å². The van der Waals surface area contributed by atoms with E-state index in [1.165, 1.54) is 169 Å². The highest BCUT2D eigenvalue weighted by Gasteiger charge is 2.26. The first-order valence-corrected chi connectivity index (χ1v) is 31.7. The minimum atomic E-state index is -0.366. The van der Waals surface area contributed by atoms with E-state index in [4.69, 9.17) is 18.9 Å². The summed E-state index contributed by atoms with van der Waals surface area (Å²) in [4.78, 5) is 78.2. The Bertz CT molecular complexity index is 1380. The number of hydrogen-bond donors (Lipinski definition) is 0. The van der Waals surface area contributed by atoms with Gasteiger partial charge >= 0.3 is 23.9 Å². The highest BCUT2D eigenvalue weighted by Crippen LogP contribution is 2.22. The van der Waals surface area contributed by atoms with Crippen LogP contribution in [0.25, 0.3) is 0 Å². The molecule has 0 aromatic rings. The number of hydrogen-bond acceptors (Lipinski definition) is 11. The average molecular weight is 1110 g/mol. The van der Waals surface area contributed by atoms with Gasteiger partial charge in [0.2, 0.25) is 0 Å².